The average molecular weight is 380 g/mol. The van der Waals surface area contributed by atoms with Gasteiger partial charge in [-0.2, -0.15) is 0 Å². The van der Waals surface area contributed by atoms with Gasteiger partial charge in [0.1, 0.15) is 0 Å². The Bertz CT molecular complexity index is 709. The summed E-state index contributed by atoms with van der Waals surface area (Å²) in [6.07, 6.45) is 8.73. The van der Waals surface area contributed by atoms with Crippen molar-refractivity contribution in [2.75, 3.05) is 26.2 Å². The molecule has 4 nitrogen and oxygen atoms in total. The van der Waals surface area contributed by atoms with E-state index in [1.807, 2.05) is 12.3 Å². The van der Waals surface area contributed by atoms with Crippen LogP contribution in [0.5, 0.6) is 0 Å². The van der Waals surface area contributed by atoms with Crippen molar-refractivity contribution < 1.29 is 4.79 Å². The second-order valence-electron chi connectivity index (χ2n) is 8.01. The van der Waals surface area contributed by atoms with E-state index in [1.54, 1.807) is 6.92 Å². The normalized spacial score (nSPS) is 16.6. The maximum atomic E-state index is 11.0. The van der Waals surface area contributed by atoms with Crippen LogP contribution in [0.1, 0.15) is 50.3 Å². The quantitative estimate of drug-likeness (QED) is 0.671. The molecule has 0 unspecified atom stereocenters. The number of piperidine rings is 1. The molecule has 1 N–H and O–H groups in total. The molecule has 1 saturated heterocycles. The molecule has 4 heteroatoms. The zero-order chi connectivity index (χ0) is 19.7. The van der Waals surface area contributed by atoms with Crippen LogP contribution in [0.3, 0.4) is 0 Å². The smallest absolute Gasteiger partial charge is 0.216 e. The van der Waals surface area contributed by atoms with Crippen molar-refractivity contribution in [2.24, 2.45) is 0 Å². The number of hydrogen-bond donors (Lipinski definition) is 1. The summed E-state index contributed by atoms with van der Waals surface area (Å²) in [4.78, 5) is 18.3. The maximum absolute atomic E-state index is 11.0. The SMILES string of the molecule is CC(=O)NCCCCN1CCC(CCc2ccccc2)(c2ccccn2)CC1. The standard InChI is InChI=1S/C24H33N3O/c1-21(28)25-16-7-8-18-27-19-14-24(15-20-27,23-11-5-6-17-26-23)13-12-22-9-3-2-4-10-22/h2-6,9-11,17H,7-8,12-16,18-20H2,1H3,(H,25,28). The summed E-state index contributed by atoms with van der Waals surface area (Å²) in [6, 6.07) is 17.2. The predicted octanol–water partition coefficient (Wildman–Crippen LogP) is 3.96. The van der Waals surface area contributed by atoms with Gasteiger partial charge in [0.15, 0.2) is 0 Å². The first-order valence-corrected chi connectivity index (χ1v) is 10.6. The minimum absolute atomic E-state index is 0.0662. The first-order chi connectivity index (χ1) is 13.7. The molecule has 1 aromatic heterocycles. The van der Waals surface area contributed by atoms with Crippen LogP contribution in [0.15, 0.2) is 54.7 Å². The highest BCUT2D eigenvalue weighted by Gasteiger charge is 2.36. The largest absolute Gasteiger partial charge is 0.356 e. The molecule has 0 atom stereocenters. The first kappa shape index (κ1) is 20.5. The van der Waals surface area contributed by atoms with Gasteiger partial charge in [0.25, 0.3) is 0 Å². The lowest BCUT2D eigenvalue weighted by molar-refractivity contribution is -0.118. The van der Waals surface area contributed by atoms with Crippen molar-refractivity contribution in [1.29, 1.82) is 0 Å². The minimum atomic E-state index is 0.0662. The molecule has 1 amide bonds. The lowest BCUT2D eigenvalue weighted by Crippen LogP contribution is -2.43. The van der Waals surface area contributed by atoms with Crippen molar-refractivity contribution in [3.8, 4) is 0 Å². The molecule has 150 valence electrons. The van der Waals surface area contributed by atoms with E-state index in [0.29, 0.717) is 0 Å². The maximum Gasteiger partial charge on any atom is 0.216 e. The molecule has 0 aliphatic carbocycles. The highest BCUT2D eigenvalue weighted by molar-refractivity contribution is 5.72. The van der Waals surface area contributed by atoms with Gasteiger partial charge in [-0.15, -0.1) is 0 Å². The fourth-order valence-electron chi connectivity index (χ4n) is 4.27. The number of aryl methyl sites for hydroxylation is 1. The zero-order valence-corrected chi connectivity index (χ0v) is 17.1. The van der Waals surface area contributed by atoms with Gasteiger partial charge < -0.3 is 10.2 Å². The van der Waals surface area contributed by atoms with Crippen molar-refractivity contribution in [3.05, 3.63) is 66.0 Å². The molecule has 1 aliphatic heterocycles. The number of benzene rings is 1. The number of aromatic nitrogens is 1. The molecule has 2 heterocycles. The molecule has 0 radical (unpaired) electrons. The van der Waals surface area contributed by atoms with Crippen LogP contribution in [0.4, 0.5) is 0 Å². The molecule has 0 spiro atoms. The summed E-state index contributed by atoms with van der Waals surface area (Å²) in [5.74, 6) is 0.0662. The van der Waals surface area contributed by atoms with E-state index in [0.717, 1.165) is 51.9 Å². The minimum Gasteiger partial charge on any atom is -0.356 e. The molecule has 0 bridgehead atoms. The number of likely N-dealkylation sites (tertiary alicyclic amines) is 1. The Hall–Kier alpha value is -2.20. The highest BCUT2D eigenvalue weighted by atomic mass is 16.1. The van der Waals surface area contributed by atoms with E-state index in [4.69, 9.17) is 4.98 Å². The van der Waals surface area contributed by atoms with E-state index in [2.05, 4.69) is 52.7 Å². The van der Waals surface area contributed by atoms with Crippen LogP contribution < -0.4 is 5.32 Å². The Morgan fingerprint density at radius 1 is 1.07 bits per heavy atom. The van der Waals surface area contributed by atoms with Gasteiger partial charge in [0, 0.05) is 30.8 Å². The van der Waals surface area contributed by atoms with Crippen molar-refractivity contribution >= 4 is 5.91 Å². The Labute approximate surface area is 169 Å². The van der Waals surface area contributed by atoms with Gasteiger partial charge in [-0.05, 0) is 75.9 Å². The molecular weight excluding hydrogens is 346 g/mol. The summed E-state index contributed by atoms with van der Waals surface area (Å²) in [7, 11) is 0. The van der Waals surface area contributed by atoms with Crippen LogP contribution in [0, 0.1) is 0 Å². The summed E-state index contributed by atoms with van der Waals surface area (Å²) in [6.45, 7) is 5.75. The number of nitrogens with zero attached hydrogens (tertiary/aromatic N) is 2. The number of carbonyl (C=O) groups excluding carboxylic acids is 1. The molecule has 1 fully saturated rings. The molecule has 1 aliphatic rings. The van der Waals surface area contributed by atoms with Crippen LogP contribution in [0.2, 0.25) is 0 Å². The zero-order valence-electron chi connectivity index (χ0n) is 17.1. The number of unbranched alkanes of at least 4 members (excludes halogenated alkanes) is 1. The number of rotatable bonds is 9. The third-order valence-electron chi connectivity index (χ3n) is 6.03. The summed E-state index contributed by atoms with van der Waals surface area (Å²) in [5, 5.41) is 2.88. The van der Waals surface area contributed by atoms with Crippen LogP contribution in [0.25, 0.3) is 0 Å². The molecule has 1 aromatic carbocycles. The number of amides is 1. The Morgan fingerprint density at radius 3 is 2.50 bits per heavy atom. The van der Waals surface area contributed by atoms with E-state index < -0.39 is 0 Å². The van der Waals surface area contributed by atoms with Crippen LogP contribution in [-0.2, 0) is 16.6 Å². The van der Waals surface area contributed by atoms with Gasteiger partial charge in [-0.3, -0.25) is 9.78 Å². The average Bonchev–Trinajstić information content (AvgIpc) is 2.74. The predicted molar refractivity (Wildman–Crippen MR) is 114 cm³/mol. The summed E-state index contributed by atoms with van der Waals surface area (Å²) in [5.41, 5.74) is 2.86. The molecule has 0 saturated carbocycles. The number of hydrogen-bond acceptors (Lipinski definition) is 3. The summed E-state index contributed by atoms with van der Waals surface area (Å²) < 4.78 is 0. The lowest BCUT2D eigenvalue weighted by atomic mass is 9.71. The van der Waals surface area contributed by atoms with Crippen molar-refractivity contribution in [2.45, 2.75) is 50.9 Å². The van der Waals surface area contributed by atoms with E-state index in [9.17, 15) is 4.79 Å². The summed E-state index contributed by atoms with van der Waals surface area (Å²) >= 11 is 0. The van der Waals surface area contributed by atoms with Gasteiger partial charge in [-0.25, -0.2) is 0 Å². The lowest BCUT2D eigenvalue weighted by Gasteiger charge is -2.42. The Kier molecular flexibility index (Phi) is 7.61. The molecule has 2 aromatic rings. The Balaban J connectivity index is 1.55. The van der Waals surface area contributed by atoms with E-state index in [-0.39, 0.29) is 11.3 Å². The highest BCUT2D eigenvalue weighted by Crippen LogP contribution is 2.38. The van der Waals surface area contributed by atoms with E-state index >= 15 is 0 Å². The molecule has 28 heavy (non-hydrogen) atoms. The third-order valence-corrected chi connectivity index (χ3v) is 6.03. The number of carbonyl (C=O) groups is 1. The van der Waals surface area contributed by atoms with Gasteiger partial charge in [-0.1, -0.05) is 36.4 Å². The molecule has 3 rings (SSSR count). The fraction of sp³-hybridized carbons (Fsp3) is 0.500. The van der Waals surface area contributed by atoms with Gasteiger partial charge in [0.2, 0.25) is 5.91 Å². The number of pyridine rings is 1. The van der Waals surface area contributed by atoms with Crippen LogP contribution >= 0.6 is 0 Å². The topological polar surface area (TPSA) is 45.2 Å². The first-order valence-electron chi connectivity index (χ1n) is 10.6. The fourth-order valence-corrected chi connectivity index (χ4v) is 4.27. The number of nitrogens with one attached hydrogen (secondary N) is 1. The van der Waals surface area contributed by atoms with Crippen LogP contribution in [-0.4, -0.2) is 42.0 Å². The molecular formula is C24H33N3O. The van der Waals surface area contributed by atoms with E-state index in [1.165, 1.54) is 24.1 Å². The third kappa shape index (κ3) is 5.90. The Morgan fingerprint density at radius 2 is 1.82 bits per heavy atom. The van der Waals surface area contributed by atoms with Gasteiger partial charge in [0.05, 0.1) is 0 Å². The monoisotopic (exact) mass is 379 g/mol. The van der Waals surface area contributed by atoms with Crippen molar-refractivity contribution in [1.82, 2.24) is 15.2 Å². The van der Waals surface area contributed by atoms with Crippen molar-refractivity contribution in [3.63, 3.8) is 0 Å². The second-order valence-corrected chi connectivity index (χ2v) is 8.01. The van der Waals surface area contributed by atoms with Gasteiger partial charge >= 0.3 is 0 Å². The second kappa shape index (κ2) is 10.4.